The normalized spacial score (nSPS) is 15.8. The zero-order valence-electron chi connectivity index (χ0n) is 13.6. The van der Waals surface area contributed by atoms with Crippen LogP contribution in [0.4, 0.5) is 4.39 Å². The lowest BCUT2D eigenvalue weighted by atomic mass is 10.1. The predicted molar refractivity (Wildman–Crippen MR) is 88.1 cm³/mol. The van der Waals surface area contributed by atoms with E-state index >= 15 is 0 Å². The van der Waals surface area contributed by atoms with Crippen LogP contribution in [0.5, 0.6) is 17.5 Å². The molecule has 9 heteroatoms. The number of sulfone groups is 1. The van der Waals surface area contributed by atoms with Crippen molar-refractivity contribution in [1.29, 1.82) is 0 Å². The highest BCUT2D eigenvalue weighted by Crippen LogP contribution is 2.27. The van der Waals surface area contributed by atoms with E-state index in [1.54, 1.807) is 0 Å². The quantitative estimate of drug-likeness (QED) is 0.864. The Hall–Kier alpha value is -2.26. The van der Waals surface area contributed by atoms with Crippen LogP contribution in [0.15, 0.2) is 35.5 Å². The first kappa shape index (κ1) is 17.6. The maximum Gasteiger partial charge on any atom is 0.226 e. The van der Waals surface area contributed by atoms with Gasteiger partial charge in [-0.2, -0.15) is 0 Å². The molecule has 0 unspecified atom stereocenters. The van der Waals surface area contributed by atoms with Crippen LogP contribution in [0.3, 0.4) is 0 Å². The first-order valence-corrected chi connectivity index (χ1v) is 9.68. The number of hydrogen-bond donors (Lipinski definition) is 1. The van der Waals surface area contributed by atoms with E-state index in [0.29, 0.717) is 5.88 Å². The first-order valence-electron chi connectivity index (χ1n) is 7.79. The summed E-state index contributed by atoms with van der Waals surface area (Å²) in [6.07, 6.45) is 4.10. The molecule has 1 N–H and O–H groups in total. The Morgan fingerprint density at radius 2 is 1.88 bits per heavy atom. The van der Waals surface area contributed by atoms with Crippen molar-refractivity contribution in [2.45, 2.75) is 23.8 Å². The molecular formula is C16H18FN3O4S. The molecule has 2 aromatic rings. The fraction of sp³-hybridized carbons (Fsp3) is 0.375. The zero-order chi connectivity index (χ0) is 17.9. The second-order valence-corrected chi connectivity index (χ2v) is 7.74. The van der Waals surface area contributed by atoms with Crippen LogP contribution < -0.4 is 14.8 Å². The molecule has 134 valence electrons. The Morgan fingerprint density at radius 1 is 1.16 bits per heavy atom. The highest BCUT2D eigenvalue weighted by Gasteiger charge is 2.16. The number of ether oxygens (including phenoxy) is 2. The Labute approximate surface area is 145 Å². The van der Waals surface area contributed by atoms with Gasteiger partial charge in [0.1, 0.15) is 12.4 Å². The van der Waals surface area contributed by atoms with Gasteiger partial charge in [-0.15, -0.1) is 0 Å². The molecule has 1 aliphatic heterocycles. The largest absolute Gasteiger partial charge is 0.474 e. The van der Waals surface area contributed by atoms with Crippen LogP contribution in [0, 0.1) is 5.82 Å². The molecule has 0 aliphatic carbocycles. The van der Waals surface area contributed by atoms with E-state index in [1.807, 2.05) is 0 Å². The van der Waals surface area contributed by atoms with Crippen LogP contribution in [-0.4, -0.2) is 43.8 Å². The number of piperidine rings is 1. The summed E-state index contributed by atoms with van der Waals surface area (Å²) >= 11 is 0. The molecule has 1 aliphatic rings. The molecule has 0 bridgehead atoms. The van der Waals surface area contributed by atoms with Crippen LogP contribution in [-0.2, 0) is 9.84 Å². The van der Waals surface area contributed by atoms with Crippen molar-refractivity contribution in [1.82, 2.24) is 15.3 Å². The molecule has 7 nitrogen and oxygen atoms in total. The Morgan fingerprint density at radius 3 is 2.56 bits per heavy atom. The Kier molecular flexibility index (Phi) is 5.14. The summed E-state index contributed by atoms with van der Waals surface area (Å²) < 4.78 is 48.1. The minimum atomic E-state index is -3.48. The third-order valence-electron chi connectivity index (χ3n) is 3.74. The zero-order valence-corrected chi connectivity index (χ0v) is 14.4. The van der Waals surface area contributed by atoms with Gasteiger partial charge in [0.2, 0.25) is 11.8 Å². The summed E-state index contributed by atoms with van der Waals surface area (Å²) in [4.78, 5) is 7.85. The summed E-state index contributed by atoms with van der Waals surface area (Å²) in [6, 6.07) is 4.92. The molecule has 3 rings (SSSR count). The highest BCUT2D eigenvalue weighted by atomic mass is 32.2. The summed E-state index contributed by atoms with van der Waals surface area (Å²) in [7, 11) is -3.48. The third kappa shape index (κ3) is 4.64. The van der Waals surface area contributed by atoms with E-state index < -0.39 is 15.7 Å². The predicted octanol–water partition coefficient (Wildman–Crippen LogP) is 1.94. The van der Waals surface area contributed by atoms with Crippen molar-refractivity contribution in [2.24, 2.45) is 0 Å². The topological polar surface area (TPSA) is 90.4 Å². The van der Waals surface area contributed by atoms with Gasteiger partial charge >= 0.3 is 0 Å². The van der Waals surface area contributed by atoms with Crippen molar-refractivity contribution in [2.75, 3.05) is 19.3 Å². The van der Waals surface area contributed by atoms with E-state index in [9.17, 15) is 12.8 Å². The van der Waals surface area contributed by atoms with Crippen LogP contribution in [0.25, 0.3) is 0 Å². The van der Waals surface area contributed by atoms with E-state index in [-0.39, 0.29) is 22.6 Å². The van der Waals surface area contributed by atoms with Gasteiger partial charge in [-0.05, 0) is 44.1 Å². The van der Waals surface area contributed by atoms with Crippen molar-refractivity contribution < 1.29 is 22.3 Å². The van der Waals surface area contributed by atoms with Gasteiger partial charge in [-0.25, -0.2) is 22.8 Å². The van der Waals surface area contributed by atoms with Gasteiger partial charge in [0.05, 0.1) is 11.0 Å². The molecule has 1 aromatic carbocycles. The lowest BCUT2D eigenvalue weighted by molar-refractivity contribution is 0.155. The maximum atomic E-state index is 14.1. The standard InChI is InChI=1S/C16H18FN3O4S/c1-25(21,22)12-2-3-14(13(17)8-12)24-16-9-15(19-10-20-16)23-11-4-6-18-7-5-11/h2-3,8-11,18H,4-7H2,1H3. The molecule has 1 aromatic heterocycles. The molecule has 2 heterocycles. The number of benzene rings is 1. The Bertz CT molecular complexity index is 854. The van der Waals surface area contributed by atoms with Crippen molar-refractivity contribution in [3.05, 3.63) is 36.4 Å². The minimum Gasteiger partial charge on any atom is -0.474 e. The number of rotatable bonds is 5. The molecule has 1 fully saturated rings. The van der Waals surface area contributed by atoms with E-state index in [0.717, 1.165) is 38.3 Å². The maximum absolute atomic E-state index is 14.1. The van der Waals surface area contributed by atoms with Crippen LogP contribution in [0.2, 0.25) is 0 Å². The summed E-state index contributed by atoms with van der Waals surface area (Å²) in [6.45, 7) is 1.77. The van der Waals surface area contributed by atoms with Gasteiger partial charge in [0.25, 0.3) is 0 Å². The summed E-state index contributed by atoms with van der Waals surface area (Å²) in [5, 5.41) is 3.24. The summed E-state index contributed by atoms with van der Waals surface area (Å²) in [5.41, 5.74) is 0. The first-order chi connectivity index (χ1) is 11.9. The average Bonchev–Trinajstić information content (AvgIpc) is 2.57. The third-order valence-corrected chi connectivity index (χ3v) is 4.85. The minimum absolute atomic E-state index is 0.0646. The molecular weight excluding hydrogens is 349 g/mol. The monoisotopic (exact) mass is 367 g/mol. The SMILES string of the molecule is CS(=O)(=O)c1ccc(Oc2cc(OC3CCNCC3)ncn2)c(F)c1. The second kappa shape index (κ2) is 7.32. The van der Waals surface area contributed by atoms with Gasteiger partial charge < -0.3 is 14.8 Å². The molecule has 1 saturated heterocycles. The van der Waals surface area contributed by atoms with Gasteiger partial charge in [0.15, 0.2) is 21.4 Å². The van der Waals surface area contributed by atoms with Gasteiger partial charge in [-0.1, -0.05) is 0 Å². The van der Waals surface area contributed by atoms with E-state index in [4.69, 9.17) is 9.47 Å². The lowest BCUT2D eigenvalue weighted by Crippen LogP contribution is -2.34. The molecule has 0 amide bonds. The van der Waals surface area contributed by atoms with Gasteiger partial charge in [0, 0.05) is 6.26 Å². The average molecular weight is 367 g/mol. The van der Waals surface area contributed by atoms with Crippen LogP contribution >= 0.6 is 0 Å². The molecule has 25 heavy (non-hydrogen) atoms. The van der Waals surface area contributed by atoms with Gasteiger partial charge in [-0.3, -0.25) is 0 Å². The number of nitrogens with one attached hydrogen (secondary N) is 1. The fourth-order valence-electron chi connectivity index (χ4n) is 2.43. The Balaban J connectivity index is 1.73. The lowest BCUT2D eigenvalue weighted by Gasteiger charge is -2.23. The molecule has 0 spiro atoms. The molecule has 0 saturated carbocycles. The van der Waals surface area contributed by atoms with Crippen molar-refractivity contribution in [3.8, 4) is 17.5 Å². The smallest absolute Gasteiger partial charge is 0.226 e. The summed E-state index contributed by atoms with van der Waals surface area (Å²) in [5.74, 6) is -0.448. The number of halogens is 1. The van der Waals surface area contributed by atoms with Crippen molar-refractivity contribution in [3.63, 3.8) is 0 Å². The number of nitrogens with zero attached hydrogens (tertiary/aromatic N) is 2. The molecule has 0 atom stereocenters. The fourth-order valence-corrected chi connectivity index (χ4v) is 3.07. The molecule has 0 radical (unpaired) electrons. The van der Waals surface area contributed by atoms with E-state index in [1.165, 1.54) is 24.5 Å². The number of aromatic nitrogens is 2. The second-order valence-electron chi connectivity index (χ2n) is 5.73. The van der Waals surface area contributed by atoms with E-state index in [2.05, 4.69) is 15.3 Å². The van der Waals surface area contributed by atoms with Crippen LogP contribution in [0.1, 0.15) is 12.8 Å². The highest BCUT2D eigenvalue weighted by molar-refractivity contribution is 7.90. The number of hydrogen-bond acceptors (Lipinski definition) is 7. The van der Waals surface area contributed by atoms with Crippen molar-refractivity contribution >= 4 is 9.84 Å².